The van der Waals surface area contributed by atoms with Gasteiger partial charge in [0, 0.05) is 31.4 Å². The van der Waals surface area contributed by atoms with Gasteiger partial charge in [0.25, 0.3) is 0 Å². The third-order valence-electron chi connectivity index (χ3n) is 3.75. The summed E-state index contributed by atoms with van der Waals surface area (Å²) in [6, 6.07) is 23.8. The molecule has 3 rings (SSSR count). The van der Waals surface area contributed by atoms with Crippen molar-refractivity contribution in [3.63, 3.8) is 0 Å². The van der Waals surface area contributed by atoms with Gasteiger partial charge in [-0.15, -0.1) is 0 Å². The third-order valence-corrected chi connectivity index (χ3v) is 3.75. The Morgan fingerprint density at radius 1 is 0.739 bits per heavy atom. The molecule has 0 spiro atoms. The summed E-state index contributed by atoms with van der Waals surface area (Å²) >= 11 is 0. The van der Waals surface area contributed by atoms with Crippen LogP contribution in [0.15, 0.2) is 79.0 Å². The van der Waals surface area contributed by atoms with Crippen LogP contribution in [-0.2, 0) is 19.6 Å². The zero-order valence-electron chi connectivity index (χ0n) is 13.0. The van der Waals surface area contributed by atoms with Gasteiger partial charge in [-0.3, -0.25) is 9.88 Å². The van der Waals surface area contributed by atoms with Crippen molar-refractivity contribution in [2.45, 2.75) is 19.6 Å². The number of phenols is 1. The lowest BCUT2D eigenvalue weighted by atomic mass is 10.1. The number of aromatic hydroxyl groups is 1. The molecule has 3 heteroatoms. The highest BCUT2D eigenvalue weighted by Crippen LogP contribution is 2.20. The monoisotopic (exact) mass is 304 g/mol. The van der Waals surface area contributed by atoms with Gasteiger partial charge in [-0.1, -0.05) is 54.6 Å². The summed E-state index contributed by atoms with van der Waals surface area (Å²) in [7, 11) is 0. The Morgan fingerprint density at radius 2 is 1.48 bits per heavy atom. The van der Waals surface area contributed by atoms with Crippen LogP contribution in [-0.4, -0.2) is 15.0 Å². The zero-order chi connectivity index (χ0) is 15.9. The molecule has 0 aliphatic heterocycles. The number of benzene rings is 2. The van der Waals surface area contributed by atoms with Crippen molar-refractivity contribution >= 4 is 0 Å². The lowest BCUT2D eigenvalue weighted by Crippen LogP contribution is -2.23. The fourth-order valence-electron chi connectivity index (χ4n) is 2.62. The highest BCUT2D eigenvalue weighted by atomic mass is 16.3. The predicted octanol–water partition coefficient (Wildman–Crippen LogP) is 3.99. The quantitative estimate of drug-likeness (QED) is 0.748. The van der Waals surface area contributed by atoms with Crippen LogP contribution in [0, 0.1) is 0 Å². The number of pyridine rings is 1. The first kappa shape index (κ1) is 15.3. The fourth-order valence-corrected chi connectivity index (χ4v) is 2.62. The fraction of sp³-hybridized carbons (Fsp3) is 0.150. The second-order valence-corrected chi connectivity index (χ2v) is 5.58. The van der Waals surface area contributed by atoms with E-state index in [0.29, 0.717) is 12.3 Å². The van der Waals surface area contributed by atoms with Crippen LogP contribution < -0.4 is 0 Å². The van der Waals surface area contributed by atoms with Gasteiger partial charge in [0.05, 0.1) is 5.69 Å². The Balaban J connectivity index is 1.79. The molecule has 0 amide bonds. The molecule has 1 N–H and O–H groups in total. The summed E-state index contributed by atoms with van der Waals surface area (Å²) in [6.07, 6.45) is 1.82. The van der Waals surface area contributed by atoms with E-state index in [4.69, 9.17) is 0 Å². The molecule has 0 aliphatic rings. The van der Waals surface area contributed by atoms with E-state index in [1.165, 1.54) is 5.56 Å². The Hall–Kier alpha value is -2.65. The average Bonchev–Trinajstić information content (AvgIpc) is 2.59. The number of rotatable bonds is 6. The number of aromatic nitrogens is 1. The molecule has 0 saturated carbocycles. The molecular weight excluding hydrogens is 284 g/mol. The van der Waals surface area contributed by atoms with E-state index in [2.05, 4.69) is 22.0 Å². The van der Waals surface area contributed by atoms with Gasteiger partial charge < -0.3 is 5.11 Å². The summed E-state index contributed by atoms with van der Waals surface area (Å²) < 4.78 is 0. The lowest BCUT2D eigenvalue weighted by Gasteiger charge is -2.22. The van der Waals surface area contributed by atoms with Crippen molar-refractivity contribution in [3.8, 4) is 5.75 Å². The Kier molecular flexibility index (Phi) is 5.02. The van der Waals surface area contributed by atoms with Crippen molar-refractivity contribution in [3.05, 3.63) is 95.8 Å². The molecule has 0 saturated heterocycles. The van der Waals surface area contributed by atoms with E-state index in [0.717, 1.165) is 24.3 Å². The highest BCUT2D eigenvalue weighted by molar-refractivity contribution is 5.31. The van der Waals surface area contributed by atoms with Crippen molar-refractivity contribution < 1.29 is 5.11 Å². The van der Waals surface area contributed by atoms with Crippen LogP contribution in [0.3, 0.4) is 0 Å². The first-order chi connectivity index (χ1) is 11.3. The molecule has 0 aliphatic carbocycles. The van der Waals surface area contributed by atoms with Crippen molar-refractivity contribution in [1.29, 1.82) is 0 Å². The molecule has 0 bridgehead atoms. The van der Waals surface area contributed by atoms with Crippen LogP contribution in [0.2, 0.25) is 0 Å². The van der Waals surface area contributed by atoms with Crippen LogP contribution >= 0.6 is 0 Å². The van der Waals surface area contributed by atoms with Crippen LogP contribution in [0.1, 0.15) is 16.8 Å². The minimum atomic E-state index is 0.339. The molecule has 116 valence electrons. The Labute approximate surface area is 136 Å². The van der Waals surface area contributed by atoms with E-state index < -0.39 is 0 Å². The third kappa shape index (κ3) is 4.41. The minimum absolute atomic E-state index is 0.339. The van der Waals surface area contributed by atoms with Crippen molar-refractivity contribution in [2.75, 3.05) is 0 Å². The summed E-state index contributed by atoms with van der Waals surface area (Å²) in [5.74, 6) is 0.339. The molecule has 23 heavy (non-hydrogen) atoms. The molecule has 0 fully saturated rings. The SMILES string of the molecule is Oc1ccccc1CN(Cc1ccccc1)Cc1ccccn1. The van der Waals surface area contributed by atoms with E-state index >= 15 is 0 Å². The maximum Gasteiger partial charge on any atom is 0.120 e. The minimum Gasteiger partial charge on any atom is -0.508 e. The van der Waals surface area contributed by atoms with E-state index in [1.807, 2.05) is 60.8 Å². The summed E-state index contributed by atoms with van der Waals surface area (Å²) in [6.45, 7) is 2.23. The smallest absolute Gasteiger partial charge is 0.120 e. The van der Waals surface area contributed by atoms with E-state index in [-0.39, 0.29) is 0 Å². The topological polar surface area (TPSA) is 36.4 Å². The maximum atomic E-state index is 10.0. The van der Waals surface area contributed by atoms with Gasteiger partial charge >= 0.3 is 0 Å². The van der Waals surface area contributed by atoms with Crippen LogP contribution in [0.5, 0.6) is 5.75 Å². The predicted molar refractivity (Wildman–Crippen MR) is 91.7 cm³/mol. The van der Waals surface area contributed by atoms with Gasteiger partial charge in [-0.2, -0.15) is 0 Å². The van der Waals surface area contributed by atoms with E-state index in [1.54, 1.807) is 6.07 Å². The summed E-state index contributed by atoms with van der Waals surface area (Å²) in [5.41, 5.74) is 3.21. The molecule has 0 atom stereocenters. The standard InChI is InChI=1S/C20H20N2O/c23-20-12-5-4-10-18(20)15-22(14-17-8-2-1-3-9-17)16-19-11-6-7-13-21-19/h1-13,23H,14-16H2. The number of hydrogen-bond acceptors (Lipinski definition) is 3. The van der Waals surface area contributed by atoms with Crippen molar-refractivity contribution in [1.82, 2.24) is 9.88 Å². The number of para-hydroxylation sites is 1. The van der Waals surface area contributed by atoms with Crippen LogP contribution in [0.4, 0.5) is 0 Å². The average molecular weight is 304 g/mol. The number of phenolic OH excluding ortho intramolecular Hbond substituents is 1. The summed E-state index contributed by atoms with van der Waals surface area (Å²) in [5, 5.41) is 10.0. The molecule has 0 radical (unpaired) electrons. The normalized spacial score (nSPS) is 10.8. The molecule has 2 aromatic carbocycles. The van der Waals surface area contributed by atoms with Gasteiger partial charge in [0.1, 0.15) is 5.75 Å². The van der Waals surface area contributed by atoms with Gasteiger partial charge in [-0.25, -0.2) is 0 Å². The van der Waals surface area contributed by atoms with Gasteiger partial charge in [0.15, 0.2) is 0 Å². The van der Waals surface area contributed by atoms with Crippen molar-refractivity contribution in [2.24, 2.45) is 0 Å². The lowest BCUT2D eigenvalue weighted by molar-refractivity contribution is 0.241. The largest absolute Gasteiger partial charge is 0.508 e. The zero-order valence-corrected chi connectivity index (χ0v) is 13.0. The first-order valence-corrected chi connectivity index (χ1v) is 7.74. The molecule has 0 unspecified atom stereocenters. The summed E-state index contributed by atoms with van der Waals surface area (Å²) in [4.78, 5) is 6.70. The van der Waals surface area contributed by atoms with E-state index in [9.17, 15) is 5.11 Å². The molecule has 3 nitrogen and oxygen atoms in total. The highest BCUT2D eigenvalue weighted by Gasteiger charge is 2.11. The first-order valence-electron chi connectivity index (χ1n) is 7.74. The number of nitrogens with zero attached hydrogens (tertiary/aromatic N) is 2. The molecule has 3 aromatic rings. The molecular formula is C20H20N2O. The van der Waals surface area contributed by atoms with Crippen LogP contribution in [0.25, 0.3) is 0 Å². The number of hydrogen-bond donors (Lipinski definition) is 1. The Bertz CT molecular complexity index is 687. The molecule has 1 heterocycles. The second kappa shape index (κ2) is 7.56. The van der Waals surface area contributed by atoms with Gasteiger partial charge in [0.2, 0.25) is 0 Å². The molecule has 1 aromatic heterocycles. The maximum absolute atomic E-state index is 10.0. The second-order valence-electron chi connectivity index (χ2n) is 5.58. The Morgan fingerprint density at radius 3 is 2.22 bits per heavy atom. The van der Waals surface area contributed by atoms with Gasteiger partial charge in [-0.05, 0) is 23.8 Å².